The topological polar surface area (TPSA) is 126 Å². The Kier molecular flexibility index (Phi) is 10.6. The van der Waals surface area contributed by atoms with Crippen molar-refractivity contribution in [2.45, 2.75) is 57.4 Å². The smallest absolute Gasteiger partial charge is 0.316 e. The average Bonchev–Trinajstić information content (AvgIpc) is 3.05. The first-order chi connectivity index (χ1) is 21.2. The summed E-state index contributed by atoms with van der Waals surface area (Å²) in [5.74, 6) is -0.653. The van der Waals surface area contributed by atoms with Gasteiger partial charge in [0.15, 0.2) is 0 Å². The van der Waals surface area contributed by atoms with Crippen LogP contribution in [-0.2, 0) is 24.5 Å². The van der Waals surface area contributed by atoms with Crippen LogP contribution in [0.1, 0.15) is 57.1 Å². The summed E-state index contributed by atoms with van der Waals surface area (Å²) in [5.41, 5.74) is 3.10. The predicted molar refractivity (Wildman–Crippen MR) is 167 cm³/mol. The summed E-state index contributed by atoms with van der Waals surface area (Å²) in [4.78, 5) is 58.9. The number of piperidine rings is 1. The molecule has 2 aliphatic rings. The number of esters is 1. The number of allylic oxidation sites excluding steroid dienone is 1. The maximum absolute atomic E-state index is 12.9. The molecule has 1 fully saturated rings. The third kappa shape index (κ3) is 6.57. The van der Waals surface area contributed by atoms with E-state index in [1.54, 1.807) is 21.9 Å². The number of hydrogen-bond donors (Lipinski definition) is 0. The van der Waals surface area contributed by atoms with Crippen LogP contribution in [0, 0.1) is 10.1 Å². The van der Waals surface area contributed by atoms with E-state index in [2.05, 4.69) is 4.90 Å². The molecular formula is C33H41N5O6. The highest BCUT2D eigenvalue weighted by Crippen LogP contribution is 2.40. The van der Waals surface area contributed by atoms with Gasteiger partial charge in [0.25, 0.3) is 5.69 Å². The number of nitrogens with zero attached hydrogens (tertiary/aromatic N) is 5. The van der Waals surface area contributed by atoms with Crippen LogP contribution in [0.15, 0.2) is 71.0 Å². The fourth-order valence-corrected chi connectivity index (χ4v) is 6.72. The first-order valence-corrected chi connectivity index (χ1v) is 15.0. The normalized spacial score (nSPS) is 20.0. The number of carbonyl (C=O) groups is 3. The minimum Gasteiger partial charge on any atom is -0.468 e. The van der Waals surface area contributed by atoms with Gasteiger partial charge in [-0.15, -0.1) is 0 Å². The summed E-state index contributed by atoms with van der Waals surface area (Å²) in [6, 6.07) is 15.6. The Morgan fingerprint density at radius 3 is 2.30 bits per heavy atom. The lowest BCUT2D eigenvalue weighted by atomic mass is 9.72. The highest BCUT2D eigenvalue weighted by molar-refractivity contribution is 5.92. The van der Waals surface area contributed by atoms with Crippen molar-refractivity contribution in [3.8, 4) is 0 Å². The molecule has 4 rings (SSSR count). The van der Waals surface area contributed by atoms with E-state index < -0.39 is 22.3 Å². The molecule has 0 aliphatic carbocycles. The molecule has 2 aromatic rings. The van der Waals surface area contributed by atoms with Crippen LogP contribution in [0.2, 0.25) is 0 Å². The van der Waals surface area contributed by atoms with Crippen LogP contribution in [0.4, 0.5) is 5.69 Å². The van der Waals surface area contributed by atoms with Crippen molar-refractivity contribution >= 4 is 30.2 Å². The van der Waals surface area contributed by atoms with Gasteiger partial charge in [0.05, 0.1) is 40.8 Å². The van der Waals surface area contributed by atoms with Gasteiger partial charge in [0, 0.05) is 30.9 Å². The number of amides is 2. The minimum atomic E-state index is -0.669. The summed E-state index contributed by atoms with van der Waals surface area (Å²) in [6.07, 6.45) is 3.54. The maximum Gasteiger partial charge on any atom is 0.316 e. The molecule has 1 saturated heterocycles. The second-order valence-electron chi connectivity index (χ2n) is 11.4. The first-order valence-electron chi connectivity index (χ1n) is 15.0. The van der Waals surface area contributed by atoms with Gasteiger partial charge in [-0.2, -0.15) is 0 Å². The molecule has 234 valence electrons. The number of hydrogen-bond acceptors (Lipinski definition) is 8. The maximum atomic E-state index is 12.9. The molecule has 2 amide bonds. The Morgan fingerprint density at radius 2 is 1.75 bits per heavy atom. The van der Waals surface area contributed by atoms with Gasteiger partial charge in [0.1, 0.15) is 0 Å². The van der Waals surface area contributed by atoms with E-state index in [9.17, 15) is 24.5 Å². The van der Waals surface area contributed by atoms with Crippen LogP contribution in [0.25, 0.3) is 0 Å². The molecule has 2 aromatic carbocycles. The Balaban J connectivity index is 1.52. The van der Waals surface area contributed by atoms with Crippen molar-refractivity contribution in [2.75, 3.05) is 39.8 Å². The SMILES string of the molecule is CCN(C=O)C1C(C)=NC(C)=C(N(C=O)CCCN2CCC(C(=O)OC)(c3ccccc3)CC2)C1c1ccc([N+](=O)[O-])cc1. The molecule has 44 heavy (non-hydrogen) atoms. The van der Waals surface area contributed by atoms with Crippen LogP contribution in [0.3, 0.4) is 0 Å². The average molecular weight is 604 g/mol. The molecule has 11 heteroatoms. The van der Waals surface area contributed by atoms with E-state index in [-0.39, 0.29) is 11.7 Å². The van der Waals surface area contributed by atoms with Crippen molar-refractivity contribution in [3.63, 3.8) is 0 Å². The van der Waals surface area contributed by atoms with Crippen molar-refractivity contribution < 1.29 is 24.0 Å². The second kappa shape index (κ2) is 14.4. The number of rotatable bonds is 13. The lowest BCUT2D eigenvalue weighted by Crippen LogP contribution is -2.49. The standard InChI is InChI=1S/C33H41N5O6/c1-5-36(22-39)30-24(2)34-25(3)31(29(30)26-12-14-28(15-13-26)38(42)43)37(23-40)19-9-18-35-20-16-33(17-21-35,32(41)44-4)27-10-7-6-8-11-27/h6-8,10-15,22-23,29-30H,5,9,16-21H2,1-4H3. The van der Waals surface area contributed by atoms with Crippen molar-refractivity contribution in [3.05, 3.63) is 87.2 Å². The summed E-state index contributed by atoms with van der Waals surface area (Å²) < 4.78 is 5.22. The lowest BCUT2D eigenvalue weighted by molar-refractivity contribution is -0.384. The number of methoxy groups -OCH3 is 1. The van der Waals surface area contributed by atoms with Gasteiger partial charge in [-0.1, -0.05) is 42.5 Å². The summed E-state index contributed by atoms with van der Waals surface area (Å²) >= 11 is 0. The fraction of sp³-hybridized carbons (Fsp3) is 0.455. The summed E-state index contributed by atoms with van der Waals surface area (Å²) in [7, 11) is 1.43. The number of likely N-dealkylation sites (tertiary alicyclic amines) is 1. The first kappa shape index (κ1) is 32.5. The third-order valence-electron chi connectivity index (χ3n) is 9.00. The van der Waals surface area contributed by atoms with Gasteiger partial charge in [0.2, 0.25) is 12.8 Å². The highest BCUT2D eigenvalue weighted by atomic mass is 16.6. The number of ether oxygens (including phenoxy) is 1. The molecule has 2 heterocycles. The van der Waals surface area contributed by atoms with Crippen LogP contribution < -0.4 is 0 Å². The molecule has 2 atom stereocenters. The van der Waals surface area contributed by atoms with E-state index >= 15 is 0 Å². The molecule has 0 bridgehead atoms. The Labute approximate surface area is 258 Å². The molecule has 0 radical (unpaired) electrons. The molecule has 2 unspecified atom stereocenters. The number of nitro benzene ring substituents is 1. The van der Waals surface area contributed by atoms with E-state index in [0.29, 0.717) is 56.8 Å². The molecule has 11 nitrogen and oxygen atoms in total. The second-order valence-corrected chi connectivity index (χ2v) is 11.4. The highest BCUT2D eigenvalue weighted by Gasteiger charge is 2.44. The lowest BCUT2D eigenvalue weighted by Gasteiger charge is -2.42. The van der Waals surface area contributed by atoms with Gasteiger partial charge in [-0.05, 0) is 70.8 Å². The van der Waals surface area contributed by atoms with Gasteiger partial charge in [-0.3, -0.25) is 29.5 Å². The summed E-state index contributed by atoms with van der Waals surface area (Å²) in [5, 5.41) is 11.3. The Bertz CT molecular complexity index is 1400. The Hall–Kier alpha value is -4.38. The number of benzene rings is 2. The number of carbonyl (C=O) groups excluding carboxylic acids is 3. The zero-order valence-electron chi connectivity index (χ0n) is 25.8. The van der Waals surface area contributed by atoms with Gasteiger partial charge >= 0.3 is 5.97 Å². The van der Waals surface area contributed by atoms with Gasteiger partial charge in [-0.25, -0.2) is 0 Å². The van der Waals surface area contributed by atoms with Crippen LogP contribution in [-0.4, -0.2) is 90.0 Å². The molecule has 0 N–H and O–H groups in total. The quantitative estimate of drug-likeness (QED) is 0.145. The van der Waals surface area contributed by atoms with Crippen molar-refractivity contribution in [2.24, 2.45) is 4.99 Å². The van der Waals surface area contributed by atoms with E-state index in [1.165, 1.54) is 19.2 Å². The van der Waals surface area contributed by atoms with Gasteiger partial charge < -0.3 is 19.4 Å². The predicted octanol–water partition coefficient (Wildman–Crippen LogP) is 4.29. The fourth-order valence-electron chi connectivity index (χ4n) is 6.72. The monoisotopic (exact) mass is 603 g/mol. The molecule has 0 saturated carbocycles. The van der Waals surface area contributed by atoms with E-state index in [4.69, 9.17) is 9.73 Å². The van der Waals surface area contributed by atoms with Crippen molar-refractivity contribution in [1.82, 2.24) is 14.7 Å². The minimum absolute atomic E-state index is 0.0336. The number of nitro groups is 1. The molecular weight excluding hydrogens is 562 g/mol. The van der Waals surface area contributed by atoms with E-state index in [0.717, 1.165) is 36.2 Å². The number of non-ortho nitro benzene ring substituents is 1. The Morgan fingerprint density at radius 1 is 1.09 bits per heavy atom. The van der Waals surface area contributed by atoms with E-state index in [1.807, 2.05) is 51.1 Å². The zero-order chi connectivity index (χ0) is 31.9. The largest absolute Gasteiger partial charge is 0.468 e. The third-order valence-corrected chi connectivity index (χ3v) is 9.00. The summed E-state index contributed by atoms with van der Waals surface area (Å²) in [6.45, 7) is 8.61. The molecule has 2 aliphatic heterocycles. The molecule has 0 spiro atoms. The molecule has 0 aromatic heterocycles. The zero-order valence-corrected chi connectivity index (χ0v) is 25.8. The number of likely N-dealkylation sites (N-methyl/N-ethyl adjacent to an activating group) is 1. The number of aliphatic imine (C=N–C) groups is 1. The van der Waals surface area contributed by atoms with Crippen LogP contribution >= 0.6 is 0 Å². The van der Waals surface area contributed by atoms with Crippen LogP contribution in [0.5, 0.6) is 0 Å². The van der Waals surface area contributed by atoms with Crippen molar-refractivity contribution in [1.29, 1.82) is 0 Å².